The van der Waals surface area contributed by atoms with Gasteiger partial charge in [-0.3, -0.25) is 4.79 Å². The molecule has 2 aliphatic heterocycles. The number of nitrogens with one attached hydrogen (secondary N) is 1. The highest BCUT2D eigenvalue weighted by Crippen LogP contribution is 2.49. The summed E-state index contributed by atoms with van der Waals surface area (Å²) in [5, 5.41) is 3.43. The van der Waals surface area contributed by atoms with E-state index in [1.54, 1.807) is 0 Å². The monoisotopic (exact) mass is 272 g/mol. The zero-order valence-electron chi connectivity index (χ0n) is 11.6. The lowest BCUT2D eigenvalue weighted by Crippen LogP contribution is -2.65. The van der Waals surface area contributed by atoms with E-state index in [0.717, 1.165) is 44.5 Å². The molecule has 0 bridgehead atoms. The van der Waals surface area contributed by atoms with Crippen molar-refractivity contribution < 1.29 is 9.53 Å². The third-order valence-corrected chi connectivity index (χ3v) is 4.70. The Kier molecular flexibility index (Phi) is 2.66. The van der Waals surface area contributed by atoms with E-state index in [1.165, 1.54) is 0 Å². The van der Waals surface area contributed by atoms with Gasteiger partial charge in [-0.05, 0) is 44.4 Å². The Bertz CT molecular complexity index is 519. The van der Waals surface area contributed by atoms with Crippen LogP contribution in [0.4, 0.5) is 5.69 Å². The molecule has 1 atom stereocenters. The number of carbonyl (C=O) groups is 1. The van der Waals surface area contributed by atoms with Crippen LogP contribution in [-0.2, 0) is 9.53 Å². The fourth-order valence-electron chi connectivity index (χ4n) is 3.50. The predicted octanol–water partition coefficient (Wildman–Crippen LogP) is 1.70. The van der Waals surface area contributed by atoms with Crippen LogP contribution in [0, 0.1) is 0 Å². The number of nitrogens with zero attached hydrogens (tertiary/aromatic N) is 1. The first kappa shape index (κ1) is 12.4. The van der Waals surface area contributed by atoms with E-state index in [2.05, 4.69) is 5.32 Å². The maximum absolute atomic E-state index is 12.7. The van der Waals surface area contributed by atoms with Crippen molar-refractivity contribution in [3.63, 3.8) is 0 Å². The second-order valence-corrected chi connectivity index (χ2v) is 6.29. The van der Waals surface area contributed by atoms with E-state index in [-0.39, 0.29) is 11.5 Å². The van der Waals surface area contributed by atoms with E-state index in [1.807, 2.05) is 35.2 Å². The normalized spacial score (nSPS) is 31.8. The molecule has 3 aliphatic rings. The van der Waals surface area contributed by atoms with Crippen LogP contribution in [0.3, 0.4) is 0 Å². The molecule has 2 saturated heterocycles. The molecule has 0 radical (unpaired) electrons. The van der Waals surface area contributed by atoms with Crippen molar-refractivity contribution in [1.29, 1.82) is 0 Å². The molecular weight excluding hydrogens is 252 g/mol. The standard InChI is InChI=1S/C16H20N2O2/c19-14-16(8-9-16)20-15(7-4-10-17-11-15)12-18(14)13-5-2-1-3-6-13/h1-3,5-6,17H,4,7-12H2. The molecule has 1 amide bonds. The van der Waals surface area contributed by atoms with Gasteiger partial charge < -0.3 is 15.0 Å². The molecule has 1 saturated carbocycles. The third-order valence-electron chi connectivity index (χ3n) is 4.70. The first-order valence-electron chi connectivity index (χ1n) is 7.51. The van der Waals surface area contributed by atoms with Crippen molar-refractivity contribution in [3.8, 4) is 0 Å². The Hall–Kier alpha value is -1.39. The minimum absolute atomic E-state index is 0.153. The summed E-state index contributed by atoms with van der Waals surface area (Å²) in [7, 11) is 0. The predicted molar refractivity (Wildman–Crippen MR) is 76.7 cm³/mol. The van der Waals surface area contributed by atoms with E-state index in [4.69, 9.17) is 4.74 Å². The molecule has 4 heteroatoms. The minimum Gasteiger partial charge on any atom is -0.355 e. The number of hydrogen-bond donors (Lipinski definition) is 1. The lowest BCUT2D eigenvalue weighted by Gasteiger charge is -2.48. The van der Waals surface area contributed by atoms with Gasteiger partial charge in [0, 0.05) is 12.2 Å². The zero-order chi connectivity index (χ0) is 13.6. The maximum atomic E-state index is 12.7. The van der Waals surface area contributed by atoms with E-state index < -0.39 is 5.60 Å². The molecule has 1 unspecified atom stereocenters. The zero-order valence-corrected chi connectivity index (χ0v) is 11.6. The second kappa shape index (κ2) is 4.30. The number of morpholine rings is 1. The van der Waals surface area contributed by atoms with E-state index >= 15 is 0 Å². The molecule has 1 aliphatic carbocycles. The smallest absolute Gasteiger partial charge is 0.259 e. The summed E-state index contributed by atoms with van der Waals surface area (Å²) in [4.78, 5) is 14.7. The SMILES string of the molecule is O=C1N(c2ccccc2)CC2(CCCNC2)OC12CC2. The Morgan fingerprint density at radius 2 is 1.95 bits per heavy atom. The number of para-hydroxylation sites is 1. The highest BCUT2D eigenvalue weighted by atomic mass is 16.5. The van der Waals surface area contributed by atoms with Crippen molar-refractivity contribution >= 4 is 11.6 Å². The molecule has 1 aromatic rings. The Balaban J connectivity index is 1.69. The van der Waals surface area contributed by atoms with Crippen molar-refractivity contribution in [2.75, 3.05) is 24.5 Å². The van der Waals surface area contributed by atoms with Gasteiger partial charge in [0.25, 0.3) is 5.91 Å². The molecule has 4 nitrogen and oxygen atoms in total. The van der Waals surface area contributed by atoms with Gasteiger partial charge >= 0.3 is 0 Å². The summed E-state index contributed by atoms with van der Waals surface area (Å²) in [6.07, 6.45) is 3.90. The largest absolute Gasteiger partial charge is 0.355 e. The number of benzene rings is 1. The minimum atomic E-state index is -0.521. The summed E-state index contributed by atoms with van der Waals surface area (Å²) in [6, 6.07) is 10.00. The lowest BCUT2D eigenvalue weighted by atomic mass is 9.90. The third kappa shape index (κ3) is 1.86. The molecular formula is C16H20N2O2. The van der Waals surface area contributed by atoms with Crippen LogP contribution in [0.25, 0.3) is 0 Å². The van der Waals surface area contributed by atoms with Gasteiger partial charge in [0.15, 0.2) is 0 Å². The van der Waals surface area contributed by atoms with Gasteiger partial charge in [-0.25, -0.2) is 0 Å². The summed E-state index contributed by atoms with van der Waals surface area (Å²) in [5.41, 5.74) is 0.281. The Morgan fingerprint density at radius 3 is 2.60 bits per heavy atom. The number of hydrogen-bond acceptors (Lipinski definition) is 3. The average molecular weight is 272 g/mol. The summed E-state index contributed by atoms with van der Waals surface area (Å²) in [6.45, 7) is 2.58. The highest BCUT2D eigenvalue weighted by Gasteiger charge is 2.61. The number of anilines is 1. The van der Waals surface area contributed by atoms with Crippen LogP contribution in [0.1, 0.15) is 25.7 Å². The number of rotatable bonds is 1. The van der Waals surface area contributed by atoms with Crippen LogP contribution < -0.4 is 10.2 Å². The van der Waals surface area contributed by atoms with Gasteiger partial charge in [-0.2, -0.15) is 0 Å². The molecule has 2 spiro atoms. The van der Waals surface area contributed by atoms with Gasteiger partial charge in [-0.15, -0.1) is 0 Å². The van der Waals surface area contributed by atoms with Crippen LogP contribution in [0.2, 0.25) is 0 Å². The fourth-order valence-corrected chi connectivity index (χ4v) is 3.50. The molecule has 3 fully saturated rings. The molecule has 1 aromatic carbocycles. The van der Waals surface area contributed by atoms with Gasteiger partial charge in [0.05, 0.1) is 12.1 Å². The van der Waals surface area contributed by atoms with Crippen LogP contribution in [-0.4, -0.2) is 36.7 Å². The number of amides is 1. The van der Waals surface area contributed by atoms with Crippen LogP contribution >= 0.6 is 0 Å². The first-order chi connectivity index (χ1) is 9.73. The summed E-state index contributed by atoms with van der Waals surface area (Å²) >= 11 is 0. The second-order valence-electron chi connectivity index (χ2n) is 6.29. The quantitative estimate of drug-likeness (QED) is 0.846. The topological polar surface area (TPSA) is 41.6 Å². The number of ether oxygens (including phenoxy) is 1. The Labute approximate surface area is 119 Å². The van der Waals surface area contributed by atoms with Crippen molar-refractivity contribution in [3.05, 3.63) is 30.3 Å². The van der Waals surface area contributed by atoms with Crippen molar-refractivity contribution in [2.45, 2.75) is 36.9 Å². The molecule has 20 heavy (non-hydrogen) atoms. The highest BCUT2D eigenvalue weighted by molar-refractivity contribution is 6.02. The molecule has 1 N–H and O–H groups in total. The van der Waals surface area contributed by atoms with Crippen molar-refractivity contribution in [2.24, 2.45) is 0 Å². The van der Waals surface area contributed by atoms with Crippen molar-refractivity contribution in [1.82, 2.24) is 5.32 Å². The average Bonchev–Trinajstić information content (AvgIpc) is 3.25. The fraction of sp³-hybridized carbons (Fsp3) is 0.562. The molecule has 4 rings (SSSR count). The Morgan fingerprint density at radius 1 is 1.15 bits per heavy atom. The first-order valence-corrected chi connectivity index (χ1v) is 7.51. The maximum Gasteiger partial charge on any atom is 0.259 e. The van der Waals surface area contributed by atoms with Gasteiger partial charge in [-0.1, -0.05) is 18.2 Å². The molecule has 0 aromatic heterocycles. The summed E-state index contributed by atoms with van der Waals surface area (Å²) < 4.78 is 6.32. The van der Waals surface area contributed by atoms with E-state index in [0.29, 0.717) is 6.54 Å². The molecule has 106 valence electrons. The van der Waals surface area contributed by atoms with Crippen LogP contribution in [0.15, 0.2) is 30.3 Å². The van der Waals surface area contributed by atoms with Gasteiger partial charge in [0.1, 0.15) is 5.60 Å². The number of carbonyl (C=O) groups excluding carboxylic acids is 1. The van der Waals surface area contributed by atoms with E-state index in [9.17, 15) is 4.79 Å². The van der Waals surface area contributed by atoms with Gasteiger partial charge in [0.2, 0.25) is 0 Å². The molecule has 2 heterocycles. The summed E-state index contributed by atoms with van der Waals surface area (Å²) in [5.74, 6) is 0.153. The van der Waals surface area contributed by atoms with Crippen LogP contribution in [0.5, 0.6) is 0 Å². The lowest BCUT2D eigenvalue weighted by molar-refractivity contribution is -0.165. The number of piperidine rings is 1.